The Bertz CT molecular complexity index is 310. The van der Waals surface area contributed by atoms with Crippen LogP contribution in [0.3, 0.4) is 0 Å². The Morgan fingerprint density at radius 3 is 2.80 bits per heavy atom. The minimum absolute atomic E-state index is 0.209. The predicted octanol–water partition coefficient (Wildman–Crippen LogP) is 0.766. The van der Waals surface area contributed by atoms with Gasteiger partial charge in [-0.2, -0.15) is 0 Å². The van der Waals surface area contributed by atoms with Gasteiger partial charge in [0.25, 0.3) is 0 Å². The second-order valence-corrected chi connectivity index (χ2v) is 4.07. The van der Waals surface area contributed by atoms with Crippen LogP contribution in [0.5, 0.6) is 0 Å². The molecular formula is C12H18N2O. The normalized spacial score (nSPS) is 21.7. The number of rotatable bonds is 2. The minimum Gasteiger partial charge on any atom is -0.394 e. The van der Waals surface area contributed by atoms with Crippen molar-refractivity contribution in [2.24, 2.45) is 0 Å². The third-order valence-electron chi connectivity index (χ3n) is 2.93. The highest BCUT2D eigenvalue weighted by molar-refractivity contribution is 5.49. The van der Waals surface area contributed by atoms with E-state index in [1.54, 1.807) is 0 Å². The molecule has 1 aliphatic heterocycles. The minimum atomic E-state index is 0.209. The number of anilines is 1. The summed E-state index contributed by atoms with van der Waals surface area (Å²) in [5, 5.41) is 12.6. The van der Waals surface area contributed by atoms with Crippen molar-refractivity contribution in [2.75, 3.05) is 31.1 Å². The van der Waals surface area contributed by atoms with Gasteiger partial charge in [0.05, 0.1) is 12.6 Å². The summed E-state index contributed by atoms with van der Waals surface area (Å²) in [4.78, 5) is 2.27. The average molecular weight is 206 g/mol. The molecule has 1 atom stereocenters. The van der Waals surface area contributed by atoms with Crippen LogP contribution in [0, 0.1) is 6.92 Å². The van der Waals surface area contributed by atoms with Crippen molar-refractivity contribution in [1.29, 1.82) is 0 Å². The molecule has 1 aromatic rings. The quantitative estimate of drug-likeness (QED) is 0.750. The van der Waals surface area contributed by atoms with Gasteiger partial charge in [-0.25, -0.2) is 0 Å². The molecule has 0 bridgehead atoms. The van der Waals surface area contributed by atoms with Gasteiger partial charge in [-0.3, -0.25) is 0 Å². The predicted molar refractivity (Wildman–Crippen MR) is 62.3 cm³/mol. The summed E-state index contributed by atoms with van der Waals surface area (Å²) < 4.78 is 0. The van der Waals surface area contributed by atoms with E-state index >= 15 is 0 Å². The van der Waals surface area contributed by atoms with Crippen LogP contribution in [-0.4, -0.2) is 37.4 Å². The molecule has 0 saturated carbocycles. The Morgan fingerprint density at radius 1 is 1.40 bits per heavy atom. The zero-order chi connectivity index (χ0) is 10.7. The fourth-order valence-electron chi connectivity index (χ4n) is 2.00. The molecular weight excluding hydrogens is 188 g/mol. The molecule has 1 aliphatic rings. The highest BCUT2D eigenvalue weighted by Gasteiger charge is 2.21. The third-order valence-corrected chi connectivity index (χ3v) is 2.93. The Hall–Kier alpha value is -1.06. The topological polar surface area (TPSA) is 35.5 Å². The van der Waals surface area contributed by atoms with E-state index in [1.807, 2.05) is 0 Å². The molecule has 3 nitrogen and oxygen atoms in total. The van der Waals surface area contributed by atoms with E-state index in [1.165, 1.54) is 11.3 Å². The average Bonchev–Trinajstić information content (AvgIpc) is 2.30. The molecule has 15 heavy (non-hydrogen) atoms. The van der Waals surface area contributed by atoms with E-state index in [0.29, 0.717) is 0 Å². The van der Waals surface area contributed by atoms with Crippen LogP contribution in [0.25, 0.3) is 0 Å². The van der Waals surface area contributed by atoms with E-state index in [4.69, 9.17) is 0 Å². The van der Waals surface area contributed by atoms with Gasteiger partial charge in [-0.15, -0.1) is 0 Å². The van der Waals surface area contributed by atoms with Gasteiger partial charge in [0.1, 0.15) is 0 Å². The van der Waals surface area contributed by atoms with E-state index in [-0.39, 0.29) is 12.6 Å². The SMILES string of the molecule is Cc1ccc(N2CCNC[C@@H]2CO)cc1. The molecule has 82 valence electrons. The van der Waals surface area contributed by atoms with Crippen molar-refractivity contribution in [3.63, 3.8) is 0 Å². The molecule has 2 N–H and O–H groups in total. The summed E-state index contributed by atoms with van der Waals surface area (Å²) in [6, 6.07) is 8.70. The van der Waals surface area contributed by atoms with Crippen LogP contribution in [0.15, 0.2) is 24.3 Å². The lowest BCUT2D eigenvalue weighted by molar-refractivity contribution is 0.246. The molecule has 1 aromatic carbocycles. The zero-order valence-electron chi connectivity index (χ0n) is 9.11. The van der Waals surface area contributed by atoms with E-state index in [0.717, 1.165) is 19.6 Å². The number of aliphatic hydroxyl groups is 1. The van der Waals surface area contributed by atoms with Crippen LogP contribution >= 0.6 is 0 Å². The number of benzene rings is 1. The van der Waals surface area contributed by atoms with Crippen LogP contribution in [-0.2, 0) is 0 Å². The molecule has 0 radical (unpaired) electrons. The number of piperazine rings is 1. The summed E-state index contributed by atoms with van der Waals surface area (Å²) in [5.74, 6) is 0. The van der Waals surface area contributed by atoms with Crippen molar-refractivity contribution in [2.45, 2.75) is 13.0 Å². The summed E-state index contributed by atoms with van der Waals surface area (Å²) >= 11 is 0. The lowest BCUT2D eigenvalue weighted by Crippen LogP contribution is -2.53. The van der Waals surface area contributed by atoms with Gasteiger partial charge in [0.15, 0.2) is 0 Å². The fraction of sp³-hybridized carbons (Fsp3) is 0.500. The first-order chi connectivity index (χ1) is 7.31. The van der Waals surface area contributed by atoms with E-state index in [2.05, 4.69) is 41.4 Å². The molecule has 1 fully saturated rings. The largest absolute Gasteiger partial charge is 0.394 e. The van der Waals surface area contributed by atoms with E-state index in [9.17, 15) is 5.11 Å². The van der Waals surface area contributed by atoms with Gasteiger partial charge < -0.3 is 15.3 Å². The third kappa shape index (κ3) is 2.30. The summed E-state index contributed by atoms with van der Waals surface area (Å²) in [7, 11) is 0. The Kier molecular flexibility index (Phi) is 3.23. The molecule has 0 spiro atoms. The van der Waals surface area contributed by atoms with Crippen LogP contribution < -0.4 is 10.2 Å². The van der Waals surface area contributed by atoms with Crippen LogP contribution in [0.4, 0.5) is 5.69 Å². The molecule has 1 heterocycles. The number of nitrogens with zero attached hydrogens (tertiary/aromatic N) is 1. The van der Waals surface area contributed by atoms with E-state index < -0.39 is 0 Å². The maximum atomic E-state index is 9.30. The Balaban J connectivity index is 2.16. The Labute approximate surface area is 90.7 Å². The van der Waals surface area contributed by atoms with Crippen LogP contribution in [0.1, 0.15) is 5.56 Å². The van der Waals surface area contributed by atoms with Crippen molar-refractivity contribution >= 4 is 5.69 Å². The van der Waals surface area contributed by atoms with Crippen molar-refractivity contribution in [1.82, 2.24) is 5.32 Å². The number of aliphatic hydroxyl groups excluding tert-OH is 1. The van der Waals surface area contributed by atoms with Gasteiger partial charge in [-0.1, -0.05) is 17.7 Å². The van der Waals surface area contributed by atoms with Gasteiger partial charge >= 0.3 is 0 Å². The Morgan fingerprint density at radius 2 is 2.13 bits per heavy atom. The van der Waals surface area contributed by atoms with Gasteiger partial charge in [0, 0.05) is 25.3 Å². The molecule has 0 amide bonds. The summed E-state index contributed by atoms with van der Waals surface area (Å²) in [6.45, 7) is 5.12. The van der Waals surface area contributed by atoms with Gasteiger partial charge in [0.2, 0.25) is 0 Å². The first-order valence-corrected chi connectivity index (χ1v) is 5.46. The lowest BCUT2D eigenvalue weighted by Gasteiger charge is -2.37. The maximum Gasteiger partial charge on any atom is 0.0647 e. The van der Waals surface area contributed by atoms with Crippen LogP contribution in [0.2, 0.25) is 0 Å². The highest BCUT2D eigenvalue weighted by Crippen LogP contribution is 2.18. The standard InChI is InChI=1S/C12H18N2O/c1-10-2-4-11(5-3-10)14-7-6-13-8-12(14)9-15/h2-5,12-13,15H,6-9H2,1H3/t12-/m1/s1. The maximum absolute atomic E-state index is 9.30. The zero-order valence-corrected chi connectivity index (χ0v) is 9.11. The van der Waals surface area contributed by atoms with Crippen molar-refractivity contribution < 1.29 is 5.11 Å². The number of nitrogens with one attached hydrogen (secondary N) is 1. The first kappa shape index (κ1) is 10.5. The second kappa shape index (κ2) is 4.64. The number of aryl methyl sites for hydroxylation is 1. The molecule has 0 aromatic heterocycles. The summed E-state index contributed by atoms with van der Waals surface area (Å²) in [5.41, 5.74) is 2.48. The number of hydrogen-bond donors (Lipinski definition) is 2. The monoisotopic (exact) mass is 206 g/mol. The van der Waals surface area contributed by atoms with Crippen molar-refractivity contribution in [3.05, 3.63) is 29.8 Å². The fourth-order valence-corrected chi connectivity index (χ4v) is 2.00. The first-order valence-electron chi connectivity index (χ1n) is 5.46. The molecule has 0 aliphatic carbocycles. The van der Waals surface area contributed by atoms with Crippen molar-refractivity contribution in [3.8, 4) is 0 Å². The number of hydrogen-bond acceptors (Lipinski definition) is 3. The molecule has 1 saturated heterocycles. The smallest absolute Gasteiger partial charge is 0.0647 e. The lowest BCUT2D eigenvalue weighted by atomic mass is 10.1. The second-order valence-electron chi connectivity index (χ2n) is 4.07. The molecule has 2 rings (SSSR count). The molecule has 3 heteroatoms. The summed E-state index contributed by atoms with van der Waals surface area (Å²) in [6.07, 6.45) is 0. The van der Waals surface area contributed by atoms with Gasteiger partial charge in [-0.05, 0) is 19.1 Å². The molecule has 0 unspecified atom stereocenters. The highest BCUT2D eigenvalue weighted by atomic mass is 16.3.